The van der Waals surface area contributed by atoms with E-state index in [1.165, 1.54) is 0 Å². The van der Waals surface area contributed by atoms with E-state index in [0.29, 0.717) is 5.56 Å². The molecule has 8 rings (SSSR count). The molecule has 2 heterocycles. The number of nitrogens with two attached hydrogens (primary N) is 1. The highest BCUT2D eigenvalue weighted by Gasteiger charge is 2.19. The number of rotatable bonds is 7. The van der Waals surface area contributed by atoms with Crippen molar-refractivity contribution in [3.05, 3.63) is 175 Å². The summed E-state index contributed by atoms with van der Waals surface area (Å²) in [5, 5.41) is 18.2. The van der Waals surface area contributed by atoms with Crippen molar-refractivity contribution >= 4 is 27.5 Å². The van der Waals surface area contributed by atoms with Gasteiger partial charge in [0.25, 0.3) is 0 Å². The lowest BCUT2D eigenvalue weighted by molar-refractivity contribution is 0.474. The Morgan fingerprint density at radius 2 is 1.15 bits per heavy atom. The van der Waals surface area contributed by atoms with Crippen molar-refractivity contribution in [3.63, 3.8) is 0 Å². The number of nitrogens with zero attached hydrogens (tertiary/aromatic N) is 1. The van der Waals surface area contributed by atoms with Crippen LogP contribution < -0.4 is 16.4 Å². The van der Waals surface area contributed by atoms with Gasteiger partial charge in [0.15, 0.2) is 0 Å². The summed E-state index contributed by atoms with van der Waals surface area (Å²) < 4.78 is 6.18. The van der Waals surface area contributed by atoms with Gasteiger partial charge in [-0.1, -0.05) is 109 Å². The van der Waals surface area contributed by atoms with Crippen LogP contribution in [0.5, 0.6) is 0 Å². The van der Waals surface area contributed by atoms with Crippen LogP contribution in [0.15, 0.2) is 162 Å². The first-order valence-corrected chi connectivity index (χ1v) is 16.0. The van der Waals surface area contributed by atoms with Crippen molar-refractivity contribution in [2.24, 2.45) is 5.73 Å². The van der Waals surface area contributed by atoms with Gasteiger partial charge in [-0.15, -0.1) is 0 Å². The van der Waals surface area contributed by atoms with E-state index < -0.39 is 0 Å². The fourth-order valence-electron chi connectivity index (χ4n) is 6.41. The van der Waals surface area contributed by atoms with Crippen molar-refractivity contribution < 1.29 is 4.42 Å². The molecule has 1 aliphatic heterocycles. The normalized spacial score (nSPS) is 14.8. The van der Waals surface area contributed by atoms with Crippen LogP contribution in [0.1, 0.15) is 22.9 Å². The zero-order valence-corrected chi connectivity index (χ0v) is 26.1. The third-order valence-corrected chi connectivity index (χ3v) is 9.04. The van der Waals surface area contributed by atoms with E-state index >= 15 is 0 Å². The summed E-state index contributed by atoms with van der Waals surface area (Å²) in [7, 11) is 0. The third-order valence-electron chi connectivity index (χ3n) is 9.04. The van der Waals surface area contributed by atoms with E-state index in [1.807, 2.05) is 66.9 Å². The van der Waals surface area contributed by atoms with Crippen molar-refractivity contribution in [2.75, 3.05) is 0 Å². The zero-order chi connectivity index (χ0) is 32.5. The summed E-state index contributed by atoms with van der Waals surface area (Å²) in [4.78, 5) is 0. The van der Waals surface area contributed by atoms with Crippen molar-refractivity contribution in [2.45, 2.75) is 12.3 Å². The van der Waals surface area contributed by atoms with Gasteiger partial charge in [-0.3, -0.25) is 5.32 Å². The van der Waals surface area contributed by atoms with Crippen LogP contribution in [-0.4, -0.2) is 6.17 Å². The lowest BCUT2D eigenvalue weighted by Gasteiger charge is -2.28. The number of hydrogen-bond acceptors (Lipinski definition) is 5. The van der Waals surface area contributed by atoms with Crippen molar-refractivity contribution in [1.82, 2.24) is 10.6 Å². The molecule has 0 radical (unpaired) electrons. The van der Waals surface area contributed by atoms with E-state index in [4.69, 9.17) is 15.4 Å². The van der Waals surface area contributed by atoms with E-state index in [-0.39, 0.29) is 12.3 Å². The Hall–Kier alpha value is -6.19. The van der Waals surface area contributed by atoms with Gasteiger partial charge in [-0.2, -0.15) is 5.26 Å². The predicted octanol–water partition coefficient (Wildman–Crippen LogP) is 9.53. The molecule has 6 aromatic carbocycles. The highest BCUT2D eigenvalue weighted by atomic mass is 16.3. The minimum Gasteiger partial charge on any atom is -0.456 e. The largest absolute Gasteiger partial charge is 0.456 e. The number of hydrogen-bond donors (Lipinski definition) is 3. The molecule has 1 aromatic heterocycles. The van der Waals surface area contributed by atoms with Crippen LogP contribution >= 0.6 is 0 Å². The first-order chi connectivity index (χ1) is 23.6. The molecule has 230 valence electrons. The molecular formula is C43H32N4O. The van der Waals surface area contributed by atoms with Crippen LogP contribution in [0, 0.1) is 11.3 Å². The van der Waals surface area contributed by atoms with Gasteiger partial charge in [0.2, 0.25) is 0 Å². The summed E-state index contributed by atoms with van der Waals surface area (Å²) in [5.74, 6) is 0. The second-order valence-corrected chi connectivity index (χ2v) is 12.0. The number of dihydropyridines is 1. The van der Waals surface area contributed by atoms with Crippen LogP contribution in [0.25, 0.3) is 60.9 Å². The molecule has 5 nitrogen and oxygen atoms in total. The second kappa shape index (κ2) is 12.5. The maximum atomic E-state index is 9.16. The Kier molecular flexibility index (Phi) is 7.64. The molecule has 0 spiro atoms. The van der Waals surface area contributed by atoms with Gasteiger partial charge in [0.1, 0.15) is 17.3 Å². The van der Waals surface area contributed by atoms with E-state index in [9.17, 15) is 0 Å². The van der Waals surface area contributed by atoms with Gasteiger partial charge in [-0.05, 0) is 98.8 Å². The summed E-state index contributed by atoms with van der Waals surface area (Å²) in [6.45, 7) is 0. The Labute approximate surface area is 279 Å². The van der Waals surface area contributed by atoms with Gasteiger partial charge in [0.05, 0.1) is 17.8 Å². The number of furan rings is 1. The number of benzene rings is 6. The highest BCUT2D eigenvalue weighted by Crippen LogP contribution is 2.35. The third kappa shape index (κ3) is 5.67. The molecule has 0 aliphatic carbocycles. The molecule has 2 atom stereocenters. The molecule has 0 fully saturated rings. The molecular weight excluding hydrogens is 589 g/mol. The summed E-state index contributed by atoms with van der Waals surface area (Å²) >= 11 is 0. The lowest BCUT2D eigenvalue weighted by atomic mass is 9.97. The predicted molar refractivity (Wildman–Crippen MR) is 195 cm³/mol. The Bertz CT molecular complexity index is 2340. The zero-order valence-electron chi connectivity index (χ0n) is 26.1. The number of nitrogens with one attached hydrogen (secondary N) is 2. The minimum atomic E-state index is -0.341. The molecule has 0 bridgehead atoms. The molecule has 2 unspecified atom stereocenters. The van der Waals surface area contributed by atoms with Gasteiger partial charge in [-0.25, -0.2) is 0 Å². The fraction of sp³-hybridized carbons (Fsp3) is 0.0465. The van der Waals surface area contributed by atoms with Crippen LogP contribution in [0.3, 0.4) is 0 Å². The molecule has 5 heteroatoms. The minimum absolute atomic E-state index is 0.0940. The van der Waals surface area contributed by atoms with E-state index in [1.54, 1.807) is 0 Å². The SMILES string of the molecule is N#Cc1ccc(-c2ccc3oc4ccc(-c5ccc(-c6ccc(C(N)NC7NC=CC=C7c7ccccc7)cc6)cc5)cc4c3c2)cc1. The smallest absolute Gasteiger partial charge is 0.135 e. The first kappa shape index (κ1) is 29.2. The van der Waals surface area contributed by atoms with Gasteiger partial charge in [0, 0.05) is 10.8 Å². The van der Waals surface area contributed by atoms with Gasteiger partial charge >= 0.3 is 0 Å². The topological polar surface area (TPSA) is 87.0 Å². The Morgan fingerprint density at radius 1 is 0.625 bits per heavy atom. The van der Waals surface area contributed by atoms with Gasteiger partial charge < -0.3 is 15.5 Å². The average Bonchev–Trinajstić information content (AvgIpc) is 3.53. The van der Waals surface area contributed by atoms with E-state index in [2.05, 4.69) is 108 Å². The summed E-state index contributed by atoms with van der Waals surface area (Å²) in [6.07, 6.45) is 5.64. The highest BCUT2D eigenvalue weighted by molar-refractivity contribution is 6.07. The maximum Gasteiger partial charge on any atom is 0.135 e. The van der Waals surface area contributed by atoms with E-state index in [0.717, 1.165) is 72.0 Å². The van der Waals surface area contributed by atoms with Crippen molar-refractivity contribution in [1.29, 1.82) is 5.26 Å². The number of allylic oxidation sites excluding steroid dienone is 2. The van der Waals surface area contributed by atoms with Crippen LogP contribution in [-0.2, 0) is 0 Å². The standard InChI is InChI=1S/C43H32N4O/c44-27-28-8-10-31(11-9-28)35-20-22-40-38(25-35)39-26-36(21-23-41(39)48-40)32-14-12-29(13-15-32)30-16-18-34(19-17-30)42(45)47-43-37(7-4-24-46-43)33-5-2-1-3-6-33/h1-26,42-43,46-47H,45H2. The molecule has 48 heavy (non-hydrogen) atoms. The molecule has 7 aromatic rings. The Balaban J connectivity index is 0.998. The fourth-order valence-corrected chi connectivity index (χ4v) is 6.41. The molecule has 1 aliphatic rings. The monoisotopic (exact) mass is 620 g/mol. The average molecular weight is 621 g/mol. The number of fused-ring (bicyclic) bond motifs is 3. The maximum absolute atomic E-state index is 9.16. The first-order valence-electron chi connectivity index (χ1n) is 16.0. The number of nitriles is 1. The van der Waals surface area contributed by atoms with Crippen LogP contribution in [0.4, 0.5) is 0 Å². The lowest BCUT2D eigenvalue weighted by Crippen LogP contribution is -2.46. The molecule has 0 saturated heterocycles. The van der Waals surface area contributed by atoms with Crippen molar-refractivity contribution in [3.8, 4) is 39.4 Å². The molecule has 4 N–H and O–H groups in total. The molecule has 0 saturated carbocycles. The van der Waals surface area contributed by atoms with Crippen LogP contribution in [0.2, 0.25) is 0 Å². The second-order valence-electron chi connectivity index (χ2n) is 12.0. The summed E-state index contributed by atoms with van der Waals surface area (Å²) in [5.41, 5.74) is 19.0. The Morgan fingerprint density at radius 3 is 1.73 bits per heavy atom. The summed E-state index contributed by atoms with van der Waals surface area (Å²) in [6, 6.07) is 49.9. The quantitative estimate of drug-likeness (QED) is 0.155. The molecule has 0 amide bonds.